The van der Waals surface area contributed by atoms with E-state index in [1.165, 1.54) is 0 Å². The number of hydrogen-bond acceptors (Lipinski definition) is 6. The standard InChI is InChI=1S/C11H19N7/c1-11(2,18(3)4)5-13-8-7-9(15-6-14-7)17-10(12)16-8/h6H,5H2,1-4H3,(H4,12,13,14,15,16,17). The van der Waals surface area contributed by atoms with Crippen LogP contribution in [0.2, 0.25) is 0 Å². The van der Waals surface area contributed by atoms with Crippen LogP contribution in [0.4, 0.5) is 11.8 Å². The van der Waals surface area contributed by atoms with E-state index in [4.69, 9.17) is 5.73 Å². The molecule has 0 saturated carbocycles. The van der Waals surface area contributed by atoms with E-state index in [1.807, 2.05) is 14.1 Å². The van der Waals surface area contributed by atoms with Crippen molar-refractivity contribution in [1.82, 2.24) is 24.8 Å². The molecule has 0 fully saturated rings. The fourth-order valence-corrected chi connectivity index (χ4v) is 1.44. The van der Waals surface area contributed by atoms with E-state index in [9.17, 15) is 0 Å². The largest absolute Gasteiger partial charge is 0.368 e. The minimum atomic E-state index is 0.00601. The number of fused-ring (bicyclic) bond motifs is 1. The lowest BCUT2D eigenvalue weighted by atomic mass is 10.0. The van der Waals surface area contributed by atoms with E-state index in [-0.39, 0.29) is 11.5 Å². The molecule has 2 aromatic heterocycles. The molecule has 0 saturated heterocycles. The molecule has 0 spiro atoms. The summed E-state index contributed by atoms with van der Waals surface area (Å²) in [4.78, 5) is 17.5. The molecule has 0 amide bonds. The number of nitrogen functional groups attached to an aromatic ring is 1. The molecule has 0 aliphatic heterocycles. The molecule has 98 valence electrons. The van der Waals surface area contributed by atoms with Crippen molar-refractivity contribution in [2.75, 3.05) is 31.7 Å². The highest BCUT2D eigenvalue weighted by atomic mass is 15.2. The number of anilines is 2. The Morgan fingerprint density at radius 1 is 1.39 bits per heavy atom. The molecule has 0 atom stereocenters. The van der Waals surface area contributed by atoms with Crippen molar-refractivity contribution in [3.8, 4) is 0 Å². The monoisotopic (exact) mass is 249 g/mol. The van der Waals surface area contributed by atoms with Crippen molar-refractivity contribution in [1.29, 1.82) is 0 Å². The molecule has 2 heterocycles. The Balaban J connectivity index is 2.24. The van der Waals surface area contributed by atoms with Gasteiger partial charge in [0.1, 0.15) is 5.52 Å². The Bertz CT molecular complexity index is 543. The van der Waals surface area contributed by atoms with Gasteiger partial charge in [-0.1, -0.05) is 0 Å². The Kier molecular flexibility index (Phi) is 3.08. The summed E-state index contributed by atoms with van der Waals surface area (Å²) in [6.45, 7) is 5.04. The molecular formula is C11H19N7. The van der Waals surface area contributed by atoms with Crippen LogP contribution in [0.1, 0.15) is 13.8 Å². The molecule has 0 aliphatic rings. The van der Waals surface area contributed by atoms with Crippen LogP contribution in [0.15, 0.2) is 6.33 Å². The Morgan fingerprint density at radius 2 is 2.11 bits per heavy atom. The van der Waals surface area contributed by atoms with E-state index in [2.05, 4.69) is 44.0 Å². The minimum Gasteiger partial charge on any atom is -0.368 e. The van der Waals surface area contributed by atoms with Gasteiger partial charge in [0.15, 0.2) is 11.5 Å². The zero-order chi connectivity index (χ0) is 13.3. The molecule has 0 bridgehead atoms. The number of aromatic amines is 1. The molecular weight excluding hydrogens is 230 g/mol. The third-order valence-corrected chi connectivity index (χ3v) is 3.20. The van der Waals surface area contributed by atoms with Crippen LogP contribution in [0.3, 0.4) is 0 Å². The fraction of sp³-hybridized carbons (Fsp3) is 0.545. The van der Waals surface area contributed by atoms with Crippen LogP contribution in [-0.4, -0.2) is 51.0 Å². The predicted octanol–water partition coefficient (Wildman–Crippen LogP) is 0.687. The molecule has 7 nitrogen and oxygen atoms in total. The molecule has 0 aliphatic carbocycles. The van der Waals surface area contributed by atoms with Crippen LogP contribution < -0.4 is 11.1 Å². The maximum absolute atomic E-state index is 5.66. The van der Waals surface area contributed by atoms with Gasteiger partial charge >= 0.3 is 0 Å². The van der Waals surface area contributed by atoms with Crippen molar-refractivity contribution < 1.29 is 0 Å². The van der Waals surface area contributed by atoms with Crippen LogP contribution in [0.25, 0.3) is 11.2 Å². The number of rotatable bonds is 4. The van der Waals surface area contributed by atoms with Crippen LogP contribution in [0, 0.1) is 0 Å². The Morgan fingerprint density at radius 3 is 2.78 bits per heavy atom. The first-order chi connectivity index (χ1) is 8.40. The maximum Gasteiger partial charge on any atom is 0.224 e. The summed E-state index contributed by atoms with van der Waals surface area (Å²) in [6, 6.07) is 0. The SMILES string of the molecule is CN(C)C(C)(C)CNc1nc(N)nc2nc[nH]c12. The predicted molar refractivity (Wildman–Crippen MR) is 72.4 cm³/mol. The van der Waals surface area contributed by atoms with Crippen LogP contribution in [-0.2, 0) is 0 Å². The number of aromatic nitrogens is 4. The van der Waals surface area contributed by atoms with Gasteiger partial charge in [-0.2, -0.15) is 9.97 Å². The normalized spacial score (nSPS) is 12.3. The first-order valence-corrected chi connectivity index (χ1v) is 5.78. The van der Waals surface area contributed by atoms with Crippen molar-refractivity contribution >= 4 is 22.9 Å². The summed E-state index contributed by atoms with van der Waals surface area (Å²) in [5, 5.41) is 3.29. The van der Waals surface area contributed by atoms with Gasteiger partial charge in [0.05, 0.1) is 6.33 Å². The summed E-state index contributed by atoms with van der Waals surface area (Å²) in [7, 11) is 4.09. The number of H-pyrrole nitrogens is 1. The molecule has 2 rings (SSSR count). The van der Waals surface area contributed by atoms with Crippen LogP contribution >= 0.6 is 0 Å². The zero-order valence-corrected chi connectivity index (χ0v) is 11.2. The van der Waals surface area contributed by atoms with Gasteiger partial charge in [0.25, 0.3) is 0 Å². The molecule has 0 radical (unpaired) electrons. The van der Waals surface area contributed by atoms with Gasteiger partial charge in [0.2, 0.25) is 5.95 Å². The highest BCUT2D eigenvalue weighted by molar-refractivity contribution is 5.83. The maximum atomic E-state index is 5.66. The van der Waals surface area contributed by atoms with E-state index >= 15 is 0 Å². The number of hydrogen-bond donors (Lipinski definition) is 3. The first kappa shape index (κ1) is 12.6. The topological polar surface area (TPSA) is 95.8 Å². The molecule has 2 aromatic rings. The molecule has 4 N–H and O–H groups in total. The van der Waals surface area contributed by atoms with Crippen molar-refractivity contribution in [2.24, 2.45) is 0 Å². The summed E-state index contributed by atoms with van der Waals surface area (Å²) in [5.74, 6) is 0.907. The van der Waals surface area contributed by atoms with Crippen molar-refractivity contribution in [3.63, 3.8) is 0 Å². The highest BCUT2D eigenvalue weighted by Crippen LogP contribution is 2.19. The second kappa shape index (κ2) is 4.41. The number of likely N-dealkylation sites (N-methyl/N-ethyl adjacent to an activating group) is 1. The lowest BCUT2D eigenvalue weighted by molar-refractivity contribution is 0.210. The molecule has 0 aromatic carbocycles. The number of imidazole rings is 1. The number of nitrogens with one attached hydrogen (secondary N) is 2. The van der Waals surface area contributed by atoms with Gasteiger partial charge in [-0.15, -0.1) is 0 Å². The molecule has 0 unspecified atom stereocenters. The number of nitrogens with zero attached hydrogens (tertiary/aromatic N) is 4. The van der Waals surface area contributed by atoms with Crippen LogP contribution in [0.5, 0.6) is 0 Å². The Labute approximate surface area is 106 Å². The average Bonchev–Trinajstić information content (AvgIpc) is 2.73. The highest BCUT2D eigenvalue weighted by Gasteiger charge is 2.21. The summed E-state index contributed by atoms with van der Waals surface area (Å²) >= 11 is 0. The van der Waals surface area contributed by atoms with Crippen molar-refractivity contribution in [3.05, 3.63) is 6.33 Å². The Hall–Kier alpha value is -1.89. The first-order valence-electron chi connectivity index (χ1n) is 5.78. The van der Waals surface area contributed by atoms with E-state index in [1.54, 1.807) is 6.33 Å². The molecule has 18 heavy (non-hydrogen) atoms. The van der Waals surface area contributed by atoms with E-state index < -0.39 is 0 Å². The fourth-order valence-electron chi connectivity index (χ4n) is 1.44. The van der Waals surface area contributed by atoms with E-state index in [0.29, 0.717) is 11.5 Å². The lowest BCUT2D eigenvalue weighted by Crippen LogP contribution is -2.44. The third kappa shape index (κ3) is 2.35. The minimum absolute atomic E-state index is 0.00601. The average molecular weight is 249 g/mol. The molecule has 7 heteroatoms. The number of nitrogens with two attached hydrogens (primary N) is 1. The van der Waals surface area contributed by atoms with Gasteiger partial charge in [-0.3, -0.25) is 0 Å². The second-order valence-electron chi connectivity index (χ2n) is 5.09. The van der Waals surface area contributed by atoms with Gasteiger partial charge in [0, 0.05) is 12.1 Å². The van der Waals surface area contributed by atoms with Gasteiger partial charge in [-0.05, 0) is 27.9 Å². The summed E-state index contributed by atoms with van der Waals surface area (Å²) < 4.78 is 0. The summed E-state index contributed by atoms with van der Waals surface area (Å²) in [6.07, 6.45) is 1.58. The summed E-state index contributed by atoms with van der Waals surface area (Å²) in [5.41, 5.74) is 7.02. The van der Waals surface area contributed by atoms with E-state index in [0.717, 1.165) is 12.1 Å². The lowest BCUT2D eigenvalue weighted by Gasteiger charge is -2.32. The third-order valence-electron chi connectivity index (χ3n) is 3.20. The zero-order valence-electron chi connectivity index (χ0n) is 11.2. The second-order valence-corrected chi connectivity index (χ2v) is 5.09. The van der Waals surface area contributed by atoms with Crippen molar-refractivity contribution in [2.45, 2.75) is 19.4 Å². The van der Waals surface area contributed by atoms with Gasteiger partial charge < -0.3 is 20.9 Å². The van der Waals surface area contributed by atoms with Gasteiger partial charge in [-0.25, -0.2) is 4.98 Å². The quantitative estimate of drug-likeness (QED) is 0.737. The smallest absolute Gasteiger partial charge is 0.224 e.